The van der Waals surface area contributed by atoms with E-state index in [1.54, 1.807) is 12.8 Å². The summed E-state index contributed by atoms with van der Waals surface area (Å²) < 4.78 is 10.2. The maximum Gasteiger partial charge on any atom is 0.311 e. The van der Waals surface area contributed by atoms with Gasteiger partial charge in [-0.3, -0.25) is 4.79 Å². The van der Waals surface area contributed by atoms with Gasteiger partial charge in [-0.05, 0) is 69.6 Å². The van der Waals surface area contributed by atoms with Crippen LogP contribution in [-0.2, 0) is 14.3 Å². The summed E-state index contributed by atoms with van der Waals surface area (Å²) in [7, 11) is 1.42. The van der Waals surface area contributed by atoms with Crippen molar-refractivity contribution in [1.82, 2.24) is 0 Å². The molecule has 2 bridgehead atoms. The second kappa shape index (κ2) is 5.01. The maximum atomic E-state index is 10.8. The number of carbonyl (C=O) groups excluding carboxylic acids is 1. The fourth-order valence-electron chi connectivity index (χ4n) is 4.69. The Morgan fingerprint density at radius 3 is 2.50 bits per heavy atom. The highest BCUT2D eigenvalue weighted by molar-refractivity contribution is 5.75. The van der Waals surface area contributed by atoms with E-state index in [-0.39, 0.29) is 11.4 Å². The molecule has 4 rings (SSSR count). The zero-order valence-electron chi connectivity index (χ0n) is 13.2. The molecule has 0 aromatic rings. The quantitative estimate of drug-likeness (QED) is 0.574. The van der Waals surface area contributed by atoms with Crippen LogP contribution in [0.3, 0.4) is 0 Å². The molecule has 114 valence electrons. The minimum absolute atomic E-state index is 0.134. The zero-order chi connectivity index (χ0) is 14.5. The van der Waals surface area contributed by atoms with Crippen LogP contribution in [0.25, 0.3) is 0 Å². The van der Waals surface area contributed by atoms with Gasteiger partial charge in [0, 0.05) is 0 Å². The van der Waals surface area contributed by atoms with E-state index in [4.69, 9.17) is 4.74 Å². The van der Waals surface area contributed by atoms with Gasteiger partial charge < -0.3 is 9.47 Å². The molecule has 0 aromatic heterocycles. The monoisotopic (exact) mass is 280 g/mol. The first kappa shape index (κ1) is 14.4. The molecule has 0 amide bonds. The lowest BCUT2D eigenvalue weighted by molar-refractivity contribution is -0.150. The van der Waals surface area contributed by atoms with Crippen molar-refractivity contribution in [2.45, 2.75) is 65.1 Å². The van der Waals surface area contributed by atoms with Crippen LogP contribution >= 0.6 is 0 Å². The Labute approximate surface area is 122 Å². The number of hydrogen-bond donors (Lipinski definition) is 0. The number of ether oxygens (including phenoxy) is 2. The Morgan fingerprint density at radius 2 is 1.95 bits per heavy atom. The molecule has 4 fully saturated rings. The van der Waals surface area contributed by atoms with Crippen LogP contribution in [-0.4, -0.2) is 25.3 Å². The summed E-state index contributed by atoms with van der Waals surface area (Å²) in [4.78, 5) is 10.8. The highest BCUT2D eigenvalue weighted by atomic mass is 16.6. The average Bonchev–Trinajstić information content (AvgIpc) is 2.86. The Morgan fingerprint density at radius 1 is 1.25 bits per heavy atom. The van der Waals surface area contributed by atoms with Crippen LogP contribution in [0.5, 0.6) is 0 Å². The minimum atomic E-state index is -0.311. The number of fused-ring (bicyclic) bond motifs is 7. The van der Waals surface area contributed by atoms with Gasteiger partial charge in [-0.2, -0.15) is 0 Å². The van der Waals surface area contributed by atoms with Crippen molar-refractivity contribution in [1.29, 1.82) is 0 Å². The number of methoxy groups -OCH3 is 1. The van der Waals surface area contributed by atoms with Gasteiger partial charge in [0.1, 0.15) is 0 Å². The van der Waals surface area contributed by atoms with Gasteiger partial charge in [0.2, 0.25) is 0 Å². The van der Waals surface area contributed by atoms with Crippen molar-refractivity contribution in [2.75, 3.05) is 7.11 Å². The van der Waals surface area contributed by atoms with Crippen LogP contribution < -0.4 is 0 Å². The average molecular weight is 280 g/mol. The maximum absolute atomic E-state index is 10.8. The first-order valence-electron chi connectivity index (χ1n) is 8.21. The molecule has 0 N–H and O–H groups in total. The normalized spacial score (nSPS) is 43.4. The SMILES string of the molecule is C1CC2CC1C1CC3OC3C21.CCC(C)(C)C(=O)OC. The number of hydrogen-bond acceptors (Lipinski definition) is 3. The smallest absolute Gasteiger partial charge is 0.311 e. The lowest BCUT2D eigenvalue weighted by Gasteiger charge is -2.25. The van der Waals surface area contributed by atoms with Gasteiger partial charge in [0.15, 0.2) is 0 Å². The van der Waals surface area contributed by atoms with Crippen molar-refractivity contribution in [2.24, 2.45) is 29.1 Å². The summed E-state index contributed by atoms with van der Waals surface area (Å²) in [5, 5.41) is 0. The largest absolute Gasteiger partial charge is 0.469 e. The van der Waals surface area contributed by atoms with Crippen molar-refractivity contribution >= 4 is 5.97 Å². The topological polar surface area (TPSA) is 38.8 Å². The molecule has 1 heterocycles. The van der Waals surface area contributed by atoms with E-state index in [2.05, 4.69) is 4.74 Å². The Balaban J connectivity index is 0.000000126. The summed E-state index contributed by atoms with van der Waals surface area (Å²) in [5.74, 6) is 4.21. The standard InChI is InChI=1S/C10H14O.C7H14O2/c1-2-6-3-5(1)7-4-8-10(11-8)9(6)7;1-5-7(2,3)6(8)9-4/h5-10H,1-4H2;5H2,1-4H3. The highest BCUT2D eigenvalue weighted by Gasteiger charge is 2.64. The predicted molar refractivity (Wildman–Crippen MR) is 77.2 cm³/mol. The predicted octanol–water partition coefficient (Wildman–Crippen LogP) is 3.42. The third-order valence-electron chi connectivity index (χ3n) is 6.29. The van der Waals surface area contributed by atoms with E-state index in [0.29, 0.717) is 0 Å². The molecule has 3 saturated carbocycles. The van der Waals surface area contributed by atoms with Gasteiger partial charge >= 0.3 is 5.97 Å². The third-order valence-corrected chi connectivity index (χ3v) is 6.29. The fraction of sp³-hybridized carbons (Fsp3) is 0.941. The molecule has 20 heavy (non-hydrogen) atoms. The van der Waals surface area contributed by atoms with Crippen LogP contribution in [0.2, 0.25) is 0 Å². The first-order valence-corrected chi connectivity index (χ1v) is 8.21. The molecule has 1 aliphatic heterocycles. The first-order chi connectivity index (χ1) is 9.47. The number of epoxide rings is 1. The second-order valence-electron chi connectivity index (χ2n) is 7.68. The van der Waals surface area contributed by atoms with Gasteiger partial charge in [-0.25, -0.2) is 0 Å². The molecule has 6 atom stereocenters. The summed E-state index contributed by atoms with van der Waals surface area (Å²) >= 11 is 0. The minimum Gasteiger partial charge on any atom is -0.469 e. The third kappa shape index (κ3) is 2.28. The van der Waals surface area contributed by atoms with E-state index < -0.39 is 0 Å². The molecule has 6 unspecified atom stereocenters. The molecule has 0 aromatic carbocycles. The molecular formula is C17H28O3. The molecule has 1 saturated heterocycles. The second-order valence-corrected chi connectivity index (χ2v) is 7.68. The molecule has 4 aliphatic rings. The number of rotatable bonds is 2. The van der Waals surface area contributed by atoms with E-state index in [1.807, 2.05) is 20.8 Å². The molecule has 0 spiro atoms. The summed E-state index contributed by atoms with van der Waals surface area (Å²) in [6.45, 7) is 5.72. The summed E-state index contributed by atoms with van der Waals surface area (Å²) in [6.07, 6.45) is 8.35. The molecule has 3 heteroatoms. The summed E-state index contributed by atoms with van der Waals surface area (Å²) in [5.41, 5.74) is -0.311. The van der Waals surface area contributed by atoms with Gasteiger partial charge in [-0.15, -0.1) is 0 Å². The van der Waals surface area contributed by atoms with Gasteiger partial charge in [0.05, 0.1) is 24.7 Å². The van der Waals surface area contributed by atoms with E-state index in [0.717, 1.165) is 42.3 Å². The van der Waals surface area contributed by atoms with Crippen LogP contribution in [0.1, 0.15) is 52.9 Å². The highest BCUT2D eigenvalue weighted by Crippen LogP contribution is 2.64. The van der Waals surface area contributed by atoms with Crippen LogP contribution in [0.4, 0.5) is 0 Å². The Bertz CT molecular complexity index is 390. The van der Waals surface area contributed by atoms with Crippen molar-refractivity contribution in [3.63, 3.8) is 0 Å². The van der Waals surface area contributed by atoms with Crippen molar-refractivity contribution < 1.29 is 14.3 Å². The lowest BCUT2D eigenvalue weighted by Crippen LogP contribution is -2.24. The Kier molecular flexibility index (Phi) is 3.60. The molecule has 3 aliphatic carbocycles. The van der Waals surface area contributed by atoms with Crippen molar-refractivity contribution in [3.05, 3.63) is 0 Å². The van der Waals surface area contributed by atoms with Gasteiger partial charge in [-0.1, -0.05) is 6.92 Å². The molecule has 0 radical (unpaired) electrons. The fourth-order valence-corrected chi connectivity index (χ4v) is 4.69. The molecule has 3 nitrogen and oxygen atoms in total. The number of esters is 1. The van der Waals surface area contributed by atoms with E-state index >= 15 is 0 Å². The Hall–Kier alpha value is -0.570. The van der Waals surface area contributed by atoms with Crippen LogP contribution in [0.15, 0.2) is 0 Å². The zero-order valence-corrected chi connectivity index (χ0v) is 13.2. The van der Waals surface area contributed by atoms with E-state index in [1.165, 1.54) is 20.0 Å². The van der Waals surface area contributed by atoms with Crippen LogP contribution in [0, 0.1) is 29.1 Å². The molecular weight excluding hydrogens is 252 g/mol. The van der Waals surface area contributed by atoms with Gasteiger partial charge in [0.25, 0.3) is 0 Å². The lowest BCUT2D eigenvalue weighted by atomic mass is 9.81. The number of carbonyl (C=O) groups is 1. The van der Waals surface area contributed by atoms with E-state index in [9.17, 15) is 4.79 Å². The summed E-state index contributed by atoms with van der Waals surface area (Å²) in [6, 6.07) is 0. The van der Waals surface area contributed by atoms with Crippen molar-refractivity contribution in [3.8, 4) is 0 Å².